The highest BCUT2D eigenvalue weighted by molar-refractivity contribution is 6.81. The number of nitrogens with zero attached hydrogens (tertiary/aromatic N) is 1. The van der Waals surface area contributed by atoms with E-state index in [1.54, 1.807) is 0 Å². The topological polar surface area (TPSA) is 24.5 Å². The molecule has 0 aliphatic heterocycles. The smallest absolute Gasteiger partial charge is 0.331 e. The Morgan fingerprint density at radius 2 is 1.87 bits per heavy atom. The van der Waals surface area contributed by atoms with E-state index in [0.717, 1.165) is 6.54 Å². The Morgan fingerprint density at radius 1 is 1.33 bits per heavy atom. The summed E-state index contributed by atoms with van der Waals surface area (Å²) in [7, 11) is -0.825. The van der Waals surface area contributed by atoms with Crippen LogP contribution >= 0.6 is 0 Å². The molecule has 0 rings (SSSR count). The summed E-state index contributed by atoms with van der Waals surface area (Å²) in [5.74, 6) is 0. The fourth-order valence-corrected chi connectivity index (χ4v) is 8.43. The minimum Gasteiger partial charge on any atom is -0.398 e. The Balaban J connectivity index is 4.73. The van der Waals surface area contributed by atoms with Gasteiger partial charge in [0.25, 0.3) is 0 Å². The quantitative estimate of drug-likeness (QED) is 0.697. The van der Waals surface area contributed by atoms with Crippen molar-refractivity contribution in [2.24, 2.45) is 0 Å². The van der Waals surface area contributed by atoms with Crippen LogP contribution in [0.3, 0.4) is 0 Å². The lowest BCUT2D eigenvalue weighted by molar-refractivity contribution is 0.324. The maximum Gasteiger partial charge on any atom is 0.331 e. The average molecular weight is 249 g/mol. The SMILES string of the molecule is CCN[SiH](OC)N(C(C)CC)[Si](C)(C)C. The molecule has 92 valence electrons. The van der Waals surface area contributed by atoms with Crippen LogP contribution in [0.2, 0.25) is 19.6 Å². The van der Waals surface area contributed by atoms with Crippen LogP contribution < -0.4 is 4.98 Å². The van der Waals surface area contributed by atoms with Crippen molar-refractivity contribution in [3.8, 4) is 0 Å². The maximum absolute atomic E-state index is 5.69. The first kappa shape index (κ1) is 15.3. The van der Waals surface area contributed by atoms with E-state index in [2.05, 4.69) is 49.6 Å². The molecule has 0 fully saturated rings. The third kappa shape index (κ3) is 4.78. The van der Waals surface area contributed by atoms with Crippen molar-refractivity contribution < 1.29 is 4.43 Å². The van der Waals surface area contributed by atoms with Gasteiger partial charge in [0, 0.05) is 7.11 Å². The van der Waals surface area contributed by atoms with Crippen molar-refractivity contribution >= 4 is 17.6 Å². The van der Waals surface area contributed by atoms with Crippen LogP contribution in [0.1, 0.15) is 27.2 Å². The molecule has 2 atom stereocenters. The first-order valence-corrected chi connectivity index (χ1v) is 10.9. The molecule has 15 heavy (non-hydrogen) atoms. The normalized spacial score (nSPS) is 16.8. The first-order valence-electron chi connectivity index (χ1n) is 5.93. The van der Waals surface area contributed by atoms with Crippen LogP contribution in [-0.4, -0.2) is 41.5 Å². The highest BCUT2D eigenvalue weighted by Gasteiger charge is 2.34. The third-order valence-corrected chi connectivity index (χ3v) is 9.93. The molecule has 0 aliphatic carbocycles. The third-order valence-electron chi connectivity index (χ3n) is 2.69. The van der Waals surface area contributed by atoms with Crippen LogP contribution in [0.4, 0.5) is 0 Å². The standard InChI is InChI=1S/C10H28N2OSi2/c1-8-10(3)12(15(5,6)7)14(13-4)11-9-2/h10-11,14H,8-9H2,1-7H3. The summed E-state index contributed by atoms with van der Waals surface area (Å²) in [5.41, 5.74) is 0. The lowest BCUT2D eigenvalue weighted by atomic mass is 10.3. The van der Waals surface area contributed by atoms with Gasteiger partial charge in [-0.3, -0.25) is 0 Å². The second kappa shape index (κ2) is 6.80. The van der Waals surface area contributed by atoms with Gasteiger partial charge in [-0.1, -0.05) is 40.4 Å². The molecule has 0 amide bonds. The predicted molar refractivity (Wildman–Crippen MR) is 72.8 cm³/mol. The van der Waals surface area contributed by atoms with Crippen LogP contribution in [0.5, 0.6) is 0 Å². The number of hydrogen-bond acceptors (Lipinski definition) is 3. The van der Waals surface area contributed by atoms with Crippen molar-refractivity contribution in [1.82, 2.24) is 9.21 Å². The van der Waals surface area contributed by atoms with E-state index in [0.29, 0.717) is 6.04 Å². The summed E-state index contributed by atoms with van der Waals surface area (Å²) >= 11 is 0. The molecule has 0 radical (unpaired) electrons. The molecule has 0 bridgehead atoms. The Morgan fingerprint density at radius 3 is 2.13 bits per heavy atom. The van der Waals surface area contributed by atoms with E-state index < -0.39 is 17.6 Å². The van der Waals surface area contributed by atoms with Crippen molar-refractivity contribution in [3.63, 3.8) is 0 Å². The molecule has 0 aromatic rings. The summed E-state index contributed by atoms with van der Waals surface area (Å²) < 4.78 is 8.35. The lowest BCUT2D eigenvalue weighted by Crippen LogP contribution is -2.64. The van der Waals surface area contributed by atoms with E-state index in [1.165, 1.54) is 6.42 Å². The van der Waals surface area contributed by atoms with E-state index in [-0.39, 0.29) is 0 Å². The highest BCUT2D eigenvalue weighted by Crippen LogP contribution is 2.17. The van der Waals surface area contributed by atoms with E-state index >= 15 is 0 Å². The van der Waals surface area contributed by atoms with E-state index in [4.69, 9.17) is 4.43 Å². The first-order chi connectivity index (χ1) is 6.88. The van der Waals surface area contributed by atoms with E-state index in [1.807, 2.05) is 7.11 Å². The van der Waals surface area contributed by atoms with Crippen LogP contribution in [0.25, 0.3) is 0 Å². The lowest BCUT2D eigenvalue weighted by Gasteiger charge is -2.42. The maximum atomic E-state index is 5.69. The summed E-state index contributed by atoms with van der Waals surface area (Å²) in [6.45, 7) is 14.9. The number of nitrogens with one attached hydrogen (secondary N) is 1. The average Bonchev–Trinajstić information content (AvgIpc) is 2.14. The summed E-state index contributed by atoms with van der Waals surface area (Å²) in [4.78, 5) is 3.53. The van der Waals surface area contributed by atoms with Crippen molar-refractivity contribution in [2.75, 3.05) is 13.7 Å². The molecule has 0 saturated carbocycles. The Hall–Kier alpha value is 0.314. The van der Waals surface area contributed by atoms with Gasteiger partial charge in [-0.15, -0.1) is 0 Å². The second-order valence-corrected chi connectivity index (χ2v) is 12.5. The molecule has 2 unspecified atom stereocenters. The summed E-state index contributed by atoms with van der Waals surface area (Å²) in [5, 5.41) is 0. The molecule has 0 spiro atoms. The van der Waals surface area contributed by atoms with Gasteiger partial charge >= 0.3 is 9.36 Å². The largest absolute Gasteiger partial charge is 0.398 e. The van der Waals surface area contributed by atoms with Gasteiger partial charge in [-0.2, -0.15) is 0 Å². The zero-order valence-corrected chi connectivity index (χ0v) is 13.6. The summed E-state index contributed by atoms with van der Waals surface area (Å²) in [6.07, 6.45) is 1.20. The molecule has 0 aromatic carbocycles. The zero-order chi connectivity index (χ0) is 12.1. The fraction of sp³-hybridized carbons (Fsp3) is 1.00. The zero-order valence-electron chi connectivity index (χ0n) is 11.4. The second-order valence-electron chi connectivity index (χ2n) is 4.98. The minimum atomic E-state index is -1.38. The Labute approximate surface area is 98.2 Å². The molecule has 1 N–H and O–H groups in total. The Kier molecular flexibility index (Phi) is 6.94. The van der Waals surface area contributed by atoms with Gasteiger partial charge in [0.2, 0.25) is 0 Å². The monoisotopic (exact) mass is 248 g/mol. The molecule has 0 heterocycles. The molecular weight excluding hydrogens is 220 g/mol. The van der Waals surface area contributed by atoms with Crippen molar-refractivity contribution in [1.29, 1.82) is 0 Å². The van der Waals surface area contributed by atoms with E-state index in [9.17, 15) is 0 Å². The van der Waals surface area contributed by atoms with Crippen LogP contribution in [0.15, 0.2) is 0 Å². The van der Waals surface area contributed by atoms with Gasteiger partial charge in [0.1, 0.15) is 8.24 Å². The molecule has 0 aliphatic rings. The Bertz CT molecular complexity index is 173. The number of rotatable bonds is 7. The predicted octanol–water partition coefficient (Wildman–Crippen LogP) is 1.89. The van der Waals surface area contributed by atoms with Gasteiger partial charge < -0.3 is 13.6 Å². The number of hydrogen-bond donors (Lipinski definition) is 1. The molecular formula is C10H28N2OSi2. The van der Waals surface area contributed by atoms with Crippen LogP contribution in [-0.2, 0) is 4.43 Å². The van der Waals surface area contributed by atoms with Crippen LogP contribution in [0, 0.1) is 0 Å². The van der Waals surface area contributed by atoms with Crippen molar-refractivity contribution in [2.45, 2.75) is 52.9 Å². The molecule has 3 nitrogen and oxygen atoms in total. The minimum absolute atomic E-state index is 0.632. The highest BCUT2D eigenvalue weighted by atomic mass is 28.4. The molecule has 0 aromatic heterocycles. The van der Waals surface area contributed by atoms with Gasteiger partial charge in [-0.25, -0.2) is 0 Å². The summed E-state index contributed by atoms with van der Waals surface area (Å²) in [6, 6.07) is 0.632. The van der Waals surface area contributed by atoms with Gasteiger partial charge in [-0.05, 0) is 19.0 Å². The van der Waals surface area contributed by atoms with Gasteiger partial charge in [0.15, 0.2) is 0 Å². The molecule has 5 heteroatoms. The fourth-order valence-electron chi connectivity index (χ4n) is 1.91. The molecule has 0 saturated heterocycles. The van der Waals surface area contributed by atoms with Gasteiger partial charge in [0.05, 0.1) is 0 Å². The van der Waals surface area contributed by atoms with Crippen molar-refractivity contribution in [3.05, 3.63) is 0 Å².